The zero-order valence-corrected chi connectivity index (χ0v) is 12.0. The van der Waals surface area contributed by atoms with E-state index in [1.54, 1.807) is 12.1 Å². The van der Waals surface area contributed by atoms with E-state index >= 15 is 0 Å². The zero-order valence-electron chi connectivity index (χ0n) is 11.2. The van der Waals surface area contributed by atoms with Gasteiger partial charge in [0.15, 0.2) is 0 Å². The molecule has 0 aliphatic rings. The lowest BCUT2D eigenvalue weighted by Gasteiger charge is -2.00. The Kier molecular flexibility index (Phi) is 3.03. The normalized spacial score (nSPS) is 10.9. The topological polar surface area (TPSA) is 50.2 Å². The summed E-state index contributed by atoms with van der Waals surface area (Å²) in [6, 6.07) is 10.9. The fourth-order valence-electron chi connectivity index (χ4n) is 2.30. The van der Waals surface area contributed by atoms with Crippen LogP contribution < -0.4 is 0 Å². The molecule has 0 unspecified atom stereocenters. The Morgan fingerprint density at radius 2 is 1.90 bits per heavy atom. The number of ketones is 1. The first-order chi connectivity index (χ1) is 9.58. The molecular weight excluding hydrogens is 270 g/mol. The average molecular weight is 283 g/mol. The number of carbonyl (C=O) groups excluding carboxylic acids is 1. The maximum atomic E-state index is 12.5. The molecule has 3 rings (SSSR count). The molecule has 0 amide bonds. The quantitative estimate of drug-likeness (QED) is 0.727. The van der Waals surface area contributed by atoms with Crippen LogP contribution in [0.15, 0.2) is 36.4 Å². The van der Waals surface area contributed by atoms with Gasteiger partial charge in [0.2, 0.25) is 5.78 Å². The number of thiophene rings is 1. The third-order valence-corrected chi connectivity index (χ3v) is 4.28. The highest BCUT2D eigenvalue weighted by atomic mass is 32.1. The first-order valence-corrected chi connectivity index (χ1v) is 7.09. The van der Waals surface area contributed by atoms with Gasteiger partial charge in [0.1, 0.15) is 15.5 Å². The minimum Gasteiger partial charge on any atom is -0.506 e. The van der Waals surface area contributed by atoms with Crippen molar-refractivity contribution >= 4 is 27.3 Å². The molecule has 0 saturated carbocycles. The van der Waals surface area contributed by atoms with Crippen molar-refractivity contribution in [2.45, 2.75) is 13.8 Å². The fraction of sp³-hybridized carbons (Fsp3) is 0.125. The van der Waals surface area contributed by atoms with Crippen LogP contribution in [0.4, 0.5) is 0 Å². The van der Waals surface area contributed by atoms with E-state index in [-0.39, 0.29) is 11.5 Å². The van der Waals surface area contributed by atoms with Crippen molar-refractivity contribution in [3.8, 4) is 5.75 Å². The van der Waals surface area contributed by atoms with Gasteiger partial charge in [0.05, 0.1) is 5.39 Å². The Balaban J connectivity index is 2.21. The highest BCUT2D eigenvalue weighted by molar-refractivity contribution is 7.21. The van der Waals surface area contributed by atoms with Gasteiger partial charge >= 0.3 is 0 Å². The van der Waals surface area contributed by atoms with Gasteiger partial charge in [-0.05, 0) is 25.5 Å². The van der Waals surface area contributed by atoms with Gasteiger partial charge in [-0.2, -0.15) is 0 Å². The van der Waals surface area contributed by atoms with Crippen LogP contribution in [0.25, 0.3) is 10.2 Å². The molecule has 0 spiro atoms. The van der Waals surface area contributed by atoms with Crippen LogP contribution in [0.2, 0.25) is 0 Å². The monoisotopic (exact) mass is 283 g/mol. The average Bonchev–Trinajstić information content (AvgIpc) is 2.76. The van der Waals surface area contributed by atoms with E-state index in [1.807, 2.05) is 38.1 Å². The molecule has 20 heavy (non-hydrogen) atoms. The van der Waals surface area contributed by atoms with Crippen LogP contribution >= 0.6 is 11.3 Å². The number of hydrogen-bond acceptors (Lipinski definition) is 4. The maximum absolute atomic E-state index is 12.5. The van der Waals surface area contributed by atoms with E-state index in [4.69, 9.17) is 0 Å². The maximum Gasteiger partial charge on any atom is 0.206 e. The van der Waals surface area contributed by atoms with E-state index in [0.717, 1.165) is 11.3 Å². The molecule has 1 N–H and O–H groups in total. The number of aryl methyl sites for hydroxylation is 2. The molecule has 0 radical (unpaired) electrons. The predicted octanol–water partition coefficient (Wildman–Crippen LogP) is 3.85. The molecule has 0 aliphatic heterocycles. The van der Waals surface area contributed by atoms with Gasteiger partial charge in [-0.15, -0.1) is 11.3 Å². The number of carbonyl (C=O) groups is 1. The number of hydrogen-bond donors (Lipinski definition) is 1. The summed E-state index contributed by atoms with van der Waals surface area (Å²) in [6.45, 7) is 3.82. The lowest BCUT2D eigenvalue weighted by atomic mass is 10.1. The van der Waals surface area contributed by atoms with E-state index in [1.165, 1.54) is 11.3 Å². The Bertz CT molecular complexity index is 806. The second kappa shape index (κ2) is 4.72. The molecule has 4 heteroatoms. The van der Waals surface area contributed by atoms with E-state index < -0.39 is 0 Å². The molecule has 2 aromatic heterocycles. The van der Waals surface area contributed by atoms with Crippen LogP contribution in [0.1, 0.15) is 26.5 Å². The Labute approximate surface area is 120 Å². The molecule has 0 saturated heterocycles. The molecule has 0 fully saturated rings. The SMILES string of the molecule is Cc1cc(C)c2c(O)c(C(=O)c3ccccc3)sc2n1. The highest BCUT2D eigenvalue weighted by Crippen LogP contribution is 2.39. The van der Waals surface area contributed by atoms with Crippen molar-refractivity contribution in [1.82, 2.24) is 4.98 Å². The van der Waals surface area contributed by atoms with Crippen molar-refractivity contribution in [3.63, 3.8) is 0 Å². The molecule has 0 aliphatic carbocycles. The van der Waals surface area contributed by atoms with Gasteiger partial charge in [-0.1, -0.05) is 30.3 Å². The molecule has 100 valence electrons. The fourth-order valence-corrected chi connectivity index (χ4v) is 3.45. The van der Waals surface area contributed by atoms with Crippen LogP contribution in [0.3, 0.4) is 0 Å². The zero-order chi connectivity index (χ0) is 14.3. The van der Waals surface area contributed by atoms with Crippen molar-refractivity contribution in [2.75, 3.05) is 0 Å². The number of aromatic nitrogens is 1. The lowest BCUT2D eigenvalue weighted by molar-refractivity contribution is 0.104. The molecule has 0 atom stereocenters. The largest absolute Gasteiger partial charge is 0.506 e. The lowest BCUT2D eigenvalue weighted by Crippen LogP contribution is -1.97. The smallest absolute Gasteiger partial charge is 0.206 e. The predicted molar refractivity (Wildman–Crippen MR) is 80.6 cm³/mol. The Morgan fingerprint density at radius 1 is 1.20 bits per heavy atom. The second-order valence-corrected chi connectivity index (χ2v) is 5.73. The van der Waals surface area contributed by atoms with Crippen molar-refractivity contribution < 1.29 is 9.90 Å². The summed E-state index contributed by atoms with van der Waals surface area (Å²) in [5.74, 6) is -0.119. The number of fused-ring (bicyclic) bond motifs is 1. The molecule has 2 heterocycles. The van der Waals surface area contributed by atoms with Crippen LogP contribution in [0, 0.1) is 13.8 Å². The van der Waals surface area contributed by atoms with Crippen LogP contribution in [0.5, 0.6) is 5.75 Å². The number of nitrogens with zero attached hydrogens (tertiary/aromatic N) is 1. The summed E-state index contributed by atoms with van der Waals surface area (Å²) in [5.41, 5.74) is 2.40. The van der Waals surface area contributed by atoms with Gasteiger partial charge < -0.3 is 5.11 Å². The minimum absolute atomic E-state index is 0.0452. The van der Waals surface area contributed by atoms with Crippen LogP contribution in [-0.4, -0.2) is 15.9 Å². The summed E-state index contributed by atoms with van der Waals surface area (Å²) in [5, 5.41) is 11.0. The second-order valence-electron chi connectivity index (χ2n) is 4.74. The first kappa shape index (κ1) is 12.8. The van der Waals surface area contributed by atoms with Crippen LogP contribution in [-0.2, 0) is 0 Å². The molecule has 1 aromatic carbocycles. The minimum atomic E-state index is -0.164. The van der Waals surface area contributed by atoms with Crippen molar-refractivity contribution in [1.29, 1.82) is 0 Å². The Hall–Kier alpha value is -2.20. The number of aromatic hydroxyl groups is 1. The third-order valence-electron chi connectivity index (χ3n) is 3.20. The summed E-state index contributed by atoms with van der Waals surface area (Å²) < 4.78 is 0. The molecule has 3 nitrogen and oxygen atoms in total. The van der Waals surface area contributed by atoms with Gasteiger partial charge in [-0.25, -0.2) is 4.98 Å². The van der Waals surface area contributed by atoms with E-state index in [2.05, 4.69) is 4.98 Å². The third kappa shape index (κ3) is 1.98. The number of benzene rings is 1. The standard InChI is InChI=1S/C16H13NO2S/c1-9-8-10(2)17-16-12(9)14(19)15(20-16)13(18)11-6-4-3-5-7-11/h3-8,19H,1-2H3. The summed E-state index contributed by atoms with van der Waals surface area (Å²) in [7, 11) is 0. The van der Waals surface area contributed by atoms with Gasteiger partial charge in [0, 0.05) is 11.3 Å². The van der Waals surface area contributed by atoms with E-state index in [0.29, 0.717) is 20.7 Å². The molecular formula is C16H13NO2S. The molecule has 3 aromatic rings. The first-order valence-electron chi connectivity index (χ1n) is 6.27. The number of rotatable bonds is 2. The highest BCUT2D eigenvalue weighted by Gasteiger charge is 2.21. The number of pyridine rings is 1. The Morgan fingerprint density at radius 3 is 2.60 bits per heavy atom. The van der Waals surface area contributed by atoms with Gasteiger partial charge in [-0.3, -0.25) is 4.79 Å². The summed E-state index contributed by atoms with van der Waals surface area (Å²) in [4.78, 5) is 17.9. The summed E-state index contributed by atoms with van der Waals surface area (Å²) >= 11 is 1.24. The van der Waals surface area contributed by atoms with Crippen molar-refractivity contribution in [2.24, 2.45) is 0 Å². The molecule has 0 bridgehead atoms. The van der Waals surface area contributed by atoms with Gasteiger partial charge in [0.25, 0.3) is 0 Å². The summed E-state index contributed by atoms with van der Waals surface area (Å²) in [6.07, 6.45) is 0. The van der Waals surface area contributed by atoms with Crippen molar-refractivity contribution in [3.05, 3.63) is 58.1 Å². The van der Waals surface area contributed by atoms with E-state index in [9.17, 15) is 9.90 Å².